The fraction of sp³-hybridized carbons (Fsp3) is 0.519. The summed E-state index contributed by atoms with van der Waals surface area (Å²) >= 11 is 6.20. The van der Waals surface area contributed by atoms with Crippen LogP contribution in [0.3, 0.4) is 0 Å². The standard InChI is InChI=1S/C27H38ClN3O3S/c1-5-31(35(33,34)26-18-20(2)24(28)17-21(26)3)25-11-7-6-10-23(25)12-13-27(32)29-15-14-22-9-8-16-30(4)19-22/h6-7,10-11,17-18,22H,5,8-9,12-16,19H2,1-4H3,(H,29,32). The van der Waals surface area contributed by atoms with Gasteiger partial charge in [-0.1, -0.05) is 29.8 Å². The van der Waals surface area contributed by atoms with Crippen molar-refractivity contribution < 1.29 is 13.2 Å². The van der Waals surface area contributed by atoms with Crippen LogP contribution in [0.25, 0.3) is 0 Å². The highest BCUT2D eigenvalue weighted by molar-refractivity contribution is 7.92. The van der Waals surface area contributed by atoms with Crippen LogP contribution in [-0.2, 0) is 21.2 Å². The number of aryl methyl sites for hydroxylation is 3. The zero-order valence-electron chi connectivity index (χ0n) is 21.3. The van der Waals surface area contributed by atoms with Crippen LogP contribution < -0.4 is 9.62 Å². The van der Waals surface area contributed by atoms with Gasteiger partial charge in [-0.2, -0.15) is 0 Å². The molecule has 1 heterocycles. The second-order valence-corrected chi connectivity index (χ2v) is 11.8. The summed E-state index contributed by atoms with van der Waals surface area (Å²) in [6.45, 7) is 8.60. The molecule has 0 spiro atoms. The number of benzene rings is 2. The first-order valence-electron chi connectivity index (χ1n) is 12.5. The summed E-state index contributed by atoms with van der Waals surface area (Å²) in [6.07, 6.45) is 4.23. The van der Waals surface area contributed by atoms with E-state index < -0.39 is 10.0 Å². The van der Waals surface area contributed by atoms with Crippen LogP contribution in [0.1, 0.15) is 49.3 Å². The molecule has 6 nitrogen and oxygen atoms in total. The van der Waals surface area contributed by atoms with Gasteiger partial charge in [0.25, 0.3) is 10.0 Å². The molecule has 2 aromatic carbocycles. The molecule has 0 saturated carbocycles. The van der Waals surface area contributed by atoms with Crippen molar-refractivity contribution in [3.05, 3.63) is 58.1 Å². The van der Waals surface area contributed by atoms with Gasteiger partial charge in [0, 0.05) is 31.1 Å². The molecule has 35 heavy (non-hydrogen) atoms. The third-order valence-corrected chi connectivity index (χ3v) is 9.23. The Morgan fingerprint density at radius 3 is 2.66 bits per heavy atom. The van der Waals surface area contributed by atoms with Gasteiger partial charge in [0.05, 0.1) is 10.6 Å². The van der Waals surface area contributed by atoms with Crippen LogP contribution >= 0.6 is 11.6 Å². The van der Waals surface area contributed by atoms with E-state index >= 15 is 0 Å². The van der Waals surface area contributed by atoms with Gasteiger partial charge in [0.2, 0.25) is 5.91 Å². The molecule has 0 radical (unpaired) electrons. The van der Waals surface area contributed by atoms with Crippen LogP contribution in [0.5, 0.6) is 0 Å². The number of rotatable bonds is 10. The fourth-order valence-corrected chi connectivity index (χ4v) is 6.87. The fourth-order valence-electron chi connectivity index (χ4n) is 4.85. The lowest BCUT2D eigenvalue weighted by Crippen LogP contribution is -2.34. The summed E-state index contributed by atoms with van der Waals surface area (Å²) in [5.74, 6) is 0.636. The van der Waals surface area contributed by atoms with Gasteiger partial charge < -0.3 is 10.2 Å². The van der Waals surface area contributed by atoms with E-state index in [1.807, 2.05) is 31.2 Å². The summed E-state index contributed by atoms with van der Waals surface area (Å²) < 4.78 is 28.7. The smallest absolute Gasteiger partial charge is 0.264 e. The Balaban J connectivity index is 1.68. The number of sulfonamides is 1. The number of nitrogens with one attached hydrogen (secondary N) is 1. The van der Waals surface area contributed by atoms with Gasteiger partial charge >= 0.3 is 0 Å². The largest absolute Gasteiger partial charge is 0.356 e. The van der Waals surface area contributed by atoms with E-state index in [0.717, 1.165) is 30.6 Å². The number of amides is 1. The Kier molecular flexibility index (Phi) is 9.62. The first kappa shape index (κ1) is 27.5. The average Bonchev–Trinajstić information content (AvgIpc) is 2.81. The molecule has 1 aliphatic heterocycles. The monoisotopic (exact) mass is 519 g/mol. The molecule has 1 N–H and O–H groups in total. The Labute approximate surface area is 215 Å². The molecule has 1 aliphatic rings. The Hall–Kier alpha value is -2.09. The number of carbonyl (C=O) groups is 1. The van der Waals surface area contributed by atoms with Crippen molar-refractivity contribution >= 4 is 33.2 Å². The van der Waals surface area contributed by atoms with E-state index in [2.05, 4.69) is 17.3 Å². The Bertz CT molecular complexity index is 1140. The highest BCUT2D eigenvalue weighted by Gasteiger charge is 2.27. The van der Waals surface area contributed by atoms with Gasteiger partial charge in [-0.05, 0) is 101 Å². The summed E-state index contributed by atoms with van der Waals surface area (Å²) in [7, 11) is -1.65. The number of carbonyl (C=O) groups excluding carboxylic acids is 1. The minimum absolute atomic E-state index is 0.000886. The Morgan fingerprint density at radius 2 is 1.94 bits per heavy atom. The molecule has 192 valence electrons. The molecule has 1 atom stereocenters. The van der Waals surface area contributed by atoms with E-state index in [1.54, 1.807) is 26.0 Å². The number of piperidine rings is 1. The van der Waals surface area contributed by atoms with Crippen LogP contribution in [0, 0.1) is 19.8 Å². The quantitative estimate of drug-likeness (QED) is 0.482. The molecular weight excluding hydrogens is 482 g/mol. The van der Waals surface area contributed by atoms with Gasteiger partial charge in [-0.15, -0.1) is 0 Å². The number of anilines is 1. The minimum atomic E-state index is -3.80. The first-order valence-corrected chi connectivity index (χ1v) is 14.3. The van der Waals surface area contributed by atoms with Gasteiger partial charge in [0.15, 0.2) is 0 Å². The van der Waals surface area contributed by atoms with Crippen molar-refractivity contribution in [1.29, 1.82) is 0 Å². The predicted molar refractivity (Wildman–Crippen MR) is 144 cm³/mol. The lowest BCUT2D eigenvalue weighted by molar-refractivity contribution is -0.121. The van der Waals surface area contributed by atoms with Crippen molar-refractivity contribution in [3.8, 4) is 0 Å². The molecule has 0 aromatic heterocycles. The number of hydrogen-bond donors (Lipinski definition) is 1. The normalized spacial score (nSPS) is 16.8. The summed E-state index contributed by atoms with van der Waals surface area (Å²) in [4.78, 5) is 15.1. The second-order valence-electron chi connectivity index (χ2n) is 9.57. The third kappa shape index (κ3) is 6.99. The number of nitrogens with zero attached hydrogens (tertiary/aromatic N) is 2. The molecule has 0 aliphatic carbocycles. The molecule has 1 amide bonds. The molecule has 1 fully saturated rings. The minimum Gasteiger partial charge on any atom is -0.356 e. The van der Waals surface area contributed by atoms with Gasteiger partial charge in [-0.25, -0.2) is 8.42 Å². The van der Waals surface area contributed by atoms with Gasteiger partial charge in [-0.3, -0.25) is 9.10 Å². The van der Waals surface area contributed by atoms with Crippen LogP contribution in [0.4, 0.5) is 5.69 Å². The maximum Gasteiger partial charge on any atom is 0.264 e. The second kappa shape index (κ2) is 12.2. The first-order chi connectivity index (χ1) is 16.6. The van der Waals surface area contributed by atoms with E-state index in [4.69, 9.17) is 11.6 Å². The summed E-state index contributed by atoms with van der Waals surface area (Å²) in [5.41, 5.74) is 2.78. The molecular formula is C27H38ClN3O3S. The van der Waals surface area contributed by atoms with E-state index in [9.17, 15) is 13.2 Å². The average molecular weight is 520 g/mol. The molecule has 0 bridgehead atoms. The SMILES string of the molecule is CCN(c1ccccc1CCC(=O)NCCC1CCCN(C)C1)S(=O)(=O)c1cc(C)c(Cl)cc1C. The number of likely N-dealkylation sites (tertiary alicyclic amines) is 1. The zero-order chi connectivity index (χ0) is 25.6. The molecule has 3 rings (SSSR count). The lowest BCUT2D eigenvalue weighted by Gasteiger charge is -2.29. The molecule has 2 aromatic rings. The maximum absolute atomic E-state index is 13.7. The van der Waals surface area contributed by atoms with Crippen LogP contribution in [0.2, 0.25) is 5.02 Å². The predicted octanol–water partition coefficient (Wildman–Crippen LogP) is 4.95. The van der Waals surface area contributed by atoms with Crippen LogP contribution in [-0.4, -0.2) is 52.5 Å². The molecule has 1 unspecified atom stereocenters. The zero-order valence-corrected chi connectivity index (χ0v) is 22.9. The van der Waals surface area contributed by atoms with Gasteiger partial charge in [0.1, 0.15) is 0 Å². The highest BCUT2D eigenvalue weighted by Crippen LogP contribution is 2.31. The van der Waals surface area contributed by atoms with E-state index in [1.165, 1.54) is 17.1 Å². The van der Waals surface area contributed by atoms with Crippen LogP contribution in [0.15, 0.2) is 41.3 Å². The number of halogens is 1. The van der Waals surface area contributed by atoms with E-state index in [0.29, 0.717) is 41.6 Å². The summed E-state index contributed by atoms with van der Waals surface area (Å²) in [5, 5.41) is 3.60. The lowest BCUT2D eigenvalue weighted by atomic mass is 9.95. The third-order valence-electron chi connectivity index (χ3n) is 6.79. The van der Waals surface area contributed by atoms with Crippen molar-refractivity contribution in [1.82, 2.24) is 10.2 Å². The molecule has 1 saturated heterocycles. The number of hydrogen-bond acceptors (Lipinski definition) is 4. The summed E-state index contributed by atoms with van der Waals surface area (Å²) in [6, 6.07) is 10.8. The topological polar surface area (TPSA) is 69.7 Å². The van der Waals surface area contributed by atoms with E-state index in [-0.39, 0.29) is 17.3 Å². The van der Waals surface area contributed by atoms with Crippen molar-refractivity contribution in [2.45, 2.75) is 57.8 Å². The molecule has 8 heteroatoms. The highest BCUT2D eigenvalue weighted by atomic mass is 35.5. The van der Waals surface area contributed by atoms with Crippen molar-refractivity contribution in [2.24, 2.45) is 5.92 Å². The van der Waals surface area contributed by atoms with Crippen molar-refractivity contribution in [3.63, 3.8) is 0 Å². The number of para-hydroxylation sites is 1. The van der Waals surface area contributed by atoms with Crippen molar-refractivity contribution in [2.75, 3.05) is 37.5 Å². The maximum atomic E-state index is 13.7. The Morgan fingerprint density at radius 1 is 1.20 bits per heavy atom.